The molecule has 6 atom stereocenters. The van der Waals surface area contributed by atoms with Crippen molar-refractivity contribution in [3.05, 3.63) is 138 Å². The van der Waals surface area contributed by atoms with E-state index in [2.05, 4.69) is 0 Å². The summed E-state index contributed by atoms with van der Waals surface area (Å²) in [6.45, 7) is 0.817. The summed E-state index contributed by atoms with van der Waals surface area (Å²) < 4.78 is 31.3. The summed E-state index contributed by atoms with van der Waals surface area (Å²) in [5, 5.41) is 22.3. The Labute approximate surface area is 253 Å². The van der Waals surface area contributed by atoms with Crippen molar-refractivity contribution in [3.8, 4) is 5.75 Å². The lowest BCUT2D eigenvalue weighted by Crippen LogP contribution is -2.64. The summed E-state index contributed by atoms with van der Waals surface area (Å²) in [4.78, 5) is 0. The molecule has 0 bridgehead atoms. The topological polar surface area (TPSA) is 86.6 Å². The van der Waals surface area contributed by atoms with Crippen LogP contribution in [0.1, 0.15) is 22.3 Å². The second-order valence-electron chi connectivity index (χ2n) is 10.7. The van der Waals surface area contributed by atoms with E-state index in [0.717, 1.165) is 28.0 Å². The molecule has 1 aliphatic rings. The van der Waals surface area contributed by atoms with Gasteiger partial charge in [0.2, 0.25) is 0 Å². The molecule has 2 N–H and O–H groups in total. The van der Waals surface area contributed by atoms with E-state index in [0.29, 0.717) is 13.2 Å². The summed E-state index contributed by atoms with van der Waals surface area (Å²) in [7, 11) is 1.63. The van der Waals surface area contributed by atoms with Gasteiger partial charge >= 0.3 is 0 Å². The minimum atomic E-state index is -1.06. The van der Waals surface area contributed by atoms with E-state index in [1.807, 2.05) is 115 Å². The predicted octanol–water partition coefficient (Wildman–Crippen LogP) is 5.32. The van der Waals surface area contributed by atoms with Crippen LogP contribution in [0.4, 0.5) is 0 Å². The fraction of sp³-hybridized carbons (Fsp3) is 0.333. The van der Waals surface area contributed by atoms with E-state index in [1.54, 1.807) is 7.11 Å². The normalized spacial score (nSPS) is 23.6. The van der Waals surface area contributed by atoms with Crippen LogP contribution in [0.2, 0.25) is 0 Å². The molecule has 7 heteroatoms. The quantitative estimate of drug-likeness (QED) is 0.208. The Balaban J connectivity index is 1.44. The van der Waals surface area contributed by atoms with Gasteiger partial charge in [0.15, 0.2) is 0 Å². The maximum Gasteiger partial charge on any atom is 0.118 e. The Bertz CT molecular complexity index is 1330. The molecular weight excluding hydrogens is 544 g/mol. The molecule has 0 saturated heterocycles. The van der Waals surface area contributed by atoms with E-state index in [4.69, 9.17) is 23.7 Å². The third-order valence-corrected chi connectivity index (χ3v) is 7.84. The lowest BCUT2D eigenvalue weighted by atomic mass is 9.78. The van der Waals surface area contributed by atoms with E-state index < -0.39 is 36.4 Å². The van der Waals surface area contributed by atoms with E-state index in [1.165, 1.54) is 0 Å². The van der Waals surface area contributed by atoms with Gasteiger partial charge in [-0.15, -0.1) is 0 Å². The van der Waals surface area contributed by atoms with Crippen molar-refractivity contribution in [1.29, 1.82) is 0 Å². The summed E-state index contributed by atoms with van der Waals surface area (Å²) in [6.07, 6.45) is -3.85. The SMILES string of the molecule is COc1ccc(CO[C@H]2[C@H](CO)[C@@H](O)[C@H](OCc3ccccc3)[C@@H](OCc3ccccc3)[C@@H]2OCc2ccccc2)cc1. The minimum absolute atomic E-state index is 0.254. The first-order valence-corrected chi connectivity index (χ1v) is 14.7. The number of benzene rings is 4. The largest absolute Gasteiger partial charge is 0.497 e. The molecular formula is C36H40O7. The highest BCUT2D eigenvalue weighted by molar-refractivity contribution is 5.27. The Hall–Kier alpha value is -3.56. The lowest BCUT2D eigenvalue weighted by molar-refractivity contribution is -0.264. The first kappa shape index (κ1) is 30.9. The van der Waals surface area contributed by atoms with Crippen molar-refractivity contribution >= 4 is 0 Å². The molecule has 4 aromatic rings. The van der Waals surface area contributed by atoms with Crippen molar-refractivity contribution in [2.45, 2.75) is 56.9 Å². The van der Waals surface area contributed by atoms with Crippen LogP contribution in [0, 0.1) is 5.92 Å². The molecule has 7 nitrogen and oxygen atoms in total. The van der Waals surface area contributed by atoms with Crippen molar-refractivity contribution in [2.24, 2.45) is 5.92 Å². The lowest BCUT2D eigenvalue weighted by Gasteiger charge is -2.48. The number of aliphatic hydroxyl groups is 2. The maximum absolute atomic E-state index is 11.7. The highest BCUT2D eigenvalue weighted by Crippen LogP contribution is 2.36. The zero-order valence-corrected chi connectivity index (χ0v) is 24.4. The fourth-order valence-electron chi connectivity index (χ4n) is 5.47. The molecule has 1 fully saturated rings. The minimum Gasteiger partial charge on any atom is -0.497 e. The smallest absolute Gasteiger partial charge is 0.118 e. The molecule has 0 unspecified atom stereocenters. The summed E-state index contributed by atoms with van der Waals surface area (Å²) in [6, 6.07) is 37.2. The van der Waals surface area contributed by atoms with E-state index in [-0.39, 0.29) is 19.8 Å². The van der Waals surface area contributed by atoms with Gasteiger partial charge in [0.05, 0.1) is 52.4 Å². The number of hydrogen-bond donors (Lipinski definition) is 2. The Kier molecular flexibility index (Phi) is 11.3. The molecule has 43 heavy (non-hydrogen) atoms. The summed E-state index contributed by atoms with van der Waals surface area (Å²) in [5.74, 6) is 0.0818. The van der Waals surface area contributed by atoms with E-state index in [9.17, 15) is 10.2 Å². The molecule has 0 amide bonds. The number of aliphatic hydroxyl groups excluding tert-OH is 2. The van der Waals surface area contributed by atoms with Crippen LogP contribution >= 0.6 is 0 Å². The van der Waals surface area contributed by atoms with Gasteiger partial charge in [-0.05, 0) is 34.4 Å². The van der Waals surface area contributed by atoms with Gasteiger partial charge in [-0.1, -0.05) is 103 Å². The molecule has 0 radical (unpaired) electrons. The predicted molar refractivity (Wildman–Crippen MR) is 163 cm³/mol. The van der Waals surface area contributed by atoms with Gasteiger partial charge in [-0.2, -0.15) is 0 Å². The summed E-state index contributed by atoms with van der Waals surface area (Å²) in [5.41, 5.74) is 3.88. The van der Waals surface area contributed by atoms with Crippen LogP contribution in [-0.2, 0) is 45.4 Å². The highest BCUT2D eigenvalue weighted by atomic mass is 16.6. The number of methoxy groups -OCH3 is 1. The van der Waals surface area contributed by atoms with Gasteiger partial charge in [0.25, 0.3) is 0 Å². The number of hydrogen-bond acceptors (Lipinski definition) is 7. The van der Waals surface area contributed by atoms with Gasteiger partial charge in [0.1, 0.15) is 24.1 Å². The van der Waals surface area contributed by atoms with Crippen LogP contribution in [0.15, 0.2) is 115 Å². The number of ether oxygens (including phenoxy) is 5. The van der Waals surface area contributed by atoms with Crippen molar-refractivity contribution in [2.75, 3.05) is 13.7 Å². The molecule has 226 valence electrons. The molecule has 5 rings (SSSR count). The third-order valence-electron chi connectivity index (χ3n) is 7.84. The molecule has 0 spiro atoms. The Morgan fingerprint density at radius 1 is 0.488 bits per heavy atom. The molecule has 0 aliphatic heterocycles. The molecule has 0 heterocycles. The highest BCUT2D eigenvalue weighted by Gasteiger charge is 2.53. The zero-order valence-electron chi connectivity index (χ0n) is 24.4. The van der Waals surface area contributed by atoms with Crippen molar-refractivity contribution in [1.82, 2.24) is 0 Å². The Morgan fingerprint density at radius 2 is 0.860 bits per heavy atom. The van der Waals surface area contributed by atoms with E-state index >= 15 is 0 Å². The average molecular weight is 585 g/mol. The molecule has 4 aromatic carbocycles. The van der Waals surface area contributed by atoms with Gasteiger partial charge in [-0.25, -0.2) is 0 Å². The average Bonchev–Trinajstić information content (AvgIpc) is 3.07. The van der Waals surface area contributed by atoms with Crippen molar-refractivity contribution in [3.63, 3.8) is 0 Å². The number of rotatable bonds is 14. The fourth-order valence-corrected chi connectivity index (χ4v) is 5.47. The Morgan fingerprint density at radius 3 is 1.28 bits per heavy atom. The van der Waals surface area contributed by atoms with Crippen LogP contribution in [0.25, 0.3) is 0 Å². The second-order valence-corrected chi connectivity index (χ2v) is 10.7. The first-order chi connectivity index (χ1) is 21.2. The zero-order chi connectivity index (χ0) is 29.9. The van der Waals surface area contributed by atoms with Crippen molar-refractivity contribution < 1.29 is 33.9 Å². The monoisotopic (exact) mass is 584 g/mol. The van der Waals surface area contributed by atoms with Gasteiger partial charge < -0.3 is 33.9 Å². The standard InChI is InChI=1S/C36H40O7/c1-39-30-19-17-29(18-20-30)25-40-33-31(21-37)32(38)34(41-22-26-11-5-2-6-12-26)36(43-24-28-15-9-4-10-16-28)35(33)42-23-27-13-7-3-8-14-27/h2-20,31-38H,21-25H2,1H3/t31-,32-,33+,34+,35-,36-/m1/s1. The van der Waals surface area contributed by atoms with Crippen LogP contribution in [-0.4, -0.2) is 54.4 Å². The third kappa shape index (κ3) is 8.30. The molecule has 1 saturated carbocycles. The molecule has 0 aromatic heterocycles. The van der Waals surface area contributed by atoms with Crippen LogP contribution in [0.3, 0.4) is 0 Å². The van der Waals surface area contributed by atoms with Gasteiger partial charge in [0, 0.05) is 5.92 Å². The van der Waals surface area contributed by atoms with Gasteiger partial charge in [-0.3, -0.25) is 0 Å². The second kappa shape index (κ2) is 15.8. The van der Waals surface area contributed by atoms with Crippen LogP contribution < -0.4 is 4.74 Å². The molecule has 1 aliphatic carbocycles. The first-order valence-electron chi connectivity index (χ1n) is 14.7. The van der Waals surface area contributed by atoms with Crippen LogP contribution in [0.5, 0.6) is 5.75 Å². The maximum atomic E-state index is 11.7. The summed E-state index contributed by atoms with van der Waals surface area (Å²) >= 11 is 0.